The summed E-state index contributed by atoms with van der Waals surface area (Å²) < 4.78 is 12.3. The highest BCUT2D eigenvalue weighted by Gasteiger charge is 2.24. The van der Waals surface area contributed by atoms with Gasteiger partial charge in [0.25, 0.3) is 5.56 Å². The maximum absolute atomic E-state index is 12.8. The van der Waals surface area contributed by atoms with Crippen molar-refractivity contribution in [3.05, 3.63) is 76.1 Å². The first-order chi connectivity index (χ1) is 17.0. The van der Waals surface area contributed by atoms with Crippen molar-refractivity contribution in [2.24, 2.45) is 5.92 Å². The second-order valence-corrected chi connectivity index (χ2v) is 7.98. The summed E-state index contributed by atoms with van der Waals surface area (Å²) >= 11 is 0. The number of aryl methyl sites for hydroxylation is 1. The topological polar surface area (TPSA) is 129 Å². The Kier molecular flexibility index (Phi) is 7.16. The Bertz CT molecular complexity index is 1480. The maximum atomic E-state index is 12.8. The molecule has 0 spiro atoms. The molecule has 2 heterocycles. The number of ether oxygens (including phenoxy) is 1. The number of carbonyl (C=O) groups excluding carboxylic acids is 1. The molecular weight excluding hydrogens is 452 g/mol. The molecule has 2 aromatic carbocycles. The lowest BCUT2D eigenvalue weighted by Gasteiger charge is -2.11. The van der Waals surface area contributed by atoms with E-state index in [1.165, 1.54) is 0 Å². The second kappa shape index (κ2) is 10.6. The molecule has 10 nitrogen and oxygen atoms in total. The molecule has 0 saturated carbocycles. The zero-order chi connectivity index (χ0) is 24.8. The summed E-state index contributed by atoms with van der Waals surface area (Å²) in [6.45, 7) is 7.59. The molecule has 0 aliphatic rings. The van der Waals surface area contributed by atoms with E-state index < -0.39 is 17.7 Å². The number of furan rings is 1. The largest absolute Gasteiger partial charge is 0.493 e. The SMILES string of the molecule is [C-]#[N+]CCCOc1ccc2oc(C(=O)CC(CCn3nnc4ccccc4c3=O)C(=O)O)cc2c1. The Balaban J connectivity index is 1.43. The molecule has 178 valence electrons. The van der Waals surface area contributed by atoms with E-state index in [0.717, 1.165) is 4.68 Å². The number of fused-ring (bicyclic) bond motifs is 2. The molecule has 0 amide bonds. The van der Waals surface area contributed by atoms with E-state index in [0.29, 0.717) is 47.2 Å². The smallest absolute Gasteiger partial charge is 0.307 e. The lowest BCUT2D eigenvalue weighted by Crippen LogP contribution is -2.27. The number of ketones is 1. The average molecular weight is 474 g/mol. The fourth-order valence-electron chi connectivity index (χ4n) is 3.67. The number of carboxylic acids is 1. The highest BCUT2D eigenvalue weighted by Crippen LogP contribution is 2.26. The van der Waals surface area contributed by atoms with Gasteiger partial charge in [-0.05, 0) is 42.8 Å². The van der Waals surface area contributed by atoms with Crippen LogP contribution in [0.3, 0.4) is 0 Å². The summed E-state index contributed by atoms with van der Waals surface area (Å²) in [5.41, 5.74) is 0.572. The number of benzene rings is 2. The van der Waals surface area contributed by atoms with Gasteiger partial charge >= 0.3 is 5.97 Å². The van der Waals surface area contributed by atoms with Gasteiger partial charge < -0.3 is 19.1 Å². The van der Waals surface area contributed by atoms with Crippen molar-refractivity contribution in [2.75, 3.05) is 13.2 Å². The van der Waals surface area contributed by atoms with Gasteiger partial charge in [-0.1, -0.05) is 17.3 Å². The van der Waals surface area contributed by atoms with Crippen LogP contribution in [0.4, 0.5) is 0 Å². The molecule has 0 bridgehead atoms. The van der Waals surface area contributed by atoms with E-state index in [1.54, 1.807) is 48.5 Å². The summed E-state index contributed by atoms with van der Waals surface area (Å²) in [6, 6.07) is 13.4. The number of carbonyl (C=O) groups is 2. The van der Waals surface area contributed by atoms with Gasteiger partial charge in [-0.25, -0.2) is 11.3 Å². The first-order valence-electron chi connectivity index (χ1n) is 11.0. The Labute approximate surface area is 199 Å². The molecule has 0 aliphatic carbocycles. The van der Waals surface area contributed by atoms with Gasteiger partial charge in [0.1, 0.15) is 16.8 Å². The number of hydrogen-bond acceptors (Lipinski definition) is 7. The molecule has 0 saturated heterocycles. The van der Waals surface area contributed by atoms with Crippen LogP contribution in [0.1, 0.15) is 29.8 Å². The molecule has 0 radical (unpaired) electrons. The van der Waals surface area contributed by atoms with Gasteiger partial charge in [0, 0.05) is 18.4 Å². The molecular formula is C25H22N4O6. The standard InChI is InChI=1S/C25H22N4O6/c1-26-10-4-12-34-18-7-8-22-17(13-18)15-23(35-22)21(30)14-16(25(32)33)9-11-29-24(31)19-5-2-3-6-20(19)27-28-29/h2-3,5-8,13,15-16H,4,9-12,14H2,(H,32,33). The van der Waals surface area contributed by atoms with Crippen LogP contribution in [0.15, 0.2) is 57.7 Å². The van der Waals surface area contributed by atoms with Gasteiger partial charge in [-0.3, -0.25) is 14.4 Å². The van der Waals surface area contributed by atoms with Crippen molar-refractivity contribution >= 4 is 33.6 Å². The van der Waals surface area contributed by atoms with Crippen molar-refractivity contribution < 1.29 is 23.8 Å². The predicted octanol–water partition coefficient (Wildman–Crippen LogP) is 3.59. The van der Waals surface area contributed by atoms with Crippen molar-refractivity contribution in [2.45, 2.75) is 25.8 Å². The lowest BCUT2D eigenvalue weighted by atomic mass is 9.98. The normalized spacial score (nSPS) is 11.9. The molecule has 35 heavy (non-hydrogen) atoms. The van der Waals surface area contributed by atoms with Crippen LogP contribution in [0.5, 0.6) is 5.75 Å². The monoisotopic (exact) mass is 474 g/mol. The number of aromatic nitrogens is 3. The van der Waals surface area contributed by atoms with Crippen molar-refractivity contribution in [1.29, 1.82) is 0 Å². The van der Waals surface area contributed by atoms with E-state index in [-0.39, 0.29) is 30.7 Å². The Hall–Kier alpha value is -4.52. The van der Waals surface area contributed by atoms with Crippen LogP contribution >= 0.6 is 0 Å². The molecule has 10 heteroatoms. The van der Waals surface area contributed by atoms with Crippen molar-refractivity contribution in [3.63, 3.8) is 0 Å². The number of Topliss-reactive ketones (excluding diaryl/α,β-unsaturated/α-hetero) is 1. The molecule has 4 aromatic rings. The highest BCUT2D eigenvalue weighted by atomic mass is 16.5. The number of nitrogens with zero attached hydrogens (tertiary/aromatic N) is 4. The van der Waals surface area contributed by atoms with Crippen LogP contribution in [-0.2, 0) is 11.3 Å². The van der Waals surface area contributed by atoms with Crippen LogP contribution in [0, 0.1) is 12.5 Å². The third kappa shape index (κ3) is 5.52. The minimum absolute atomic E-state index is 0.00917. The number of rotatable bonds is 11. The summed E-state index contributed by atoms with van der Waals surface area (Å²) in [5.74, 6) is -1.99. The van der Waals surface area contributed by atoms with E-state index in [4.69, 9.17) is 15.7 Å². The average Bonchev–Trinajstić information content (AvgIpc) is 3.29. The summed E-state index contributed by atoms with van der Waals surface area (Å²) in [7, 11) is 0. The van der Waals surface area contributed by atoms with Crippen LogP contribution < -0.4 is 10.3 Å². The number of aliphatic carboxylic acids is 1. The number of carboxylic acid groups (broad SMARTS) is 1. The lowest BCUT2D eigenvalue weighted by molar-refractivity contribution is -0.142. The molecule has 1 N–H and O–H groups in total. The van der Waals surface area contributed by atoms with E-state index >= 15 is 0 Å². The fraction of sp³-hybridized carbons (Fsp3) is 0.280. The van der Waals surface area contributed by atoms with E-state index in [9.17, 15) is 19.5 Å². The van der Waals surface area contributed by atoms with Crippen LogP contribution in [-0.4, -0.2) is 45.0 Å². The summed E-state index contributed by atoms with van der Waals surface area (Å²) in [6.07, 6.45) is 0.353. The molecule has 1 atom stereocenters. The molecule has 4 rings (SSSR count). The van der Waals surface area contributed by atoms with Gasteiger partial charge in [0.2, 0.25) is 6.54 Å². The zero-order valence-corrected chi connectivity index (χ0v) is 18.7. The minimum Gasteiger partial charge on any atom is -0.493 e. The van der Waals surface area contributed by atoms with Crippen LogP contribution in [0.25, 0.3) is 26.7 Å². The van der Waals surface area contributed by atoms with E-state index in [2.05, 4.69) is 15.2 Å². The fourth-order valence-corrected chi connectivity index (χ4v) is 3.67. The van der Waals surface area contributed by atoms with Gasteiger partial charge in [0.15, 0.2) is 11.5 Å². The molecule has 0 aliphatic heterocycles. The Morgan fingerprint density at radius 1 is 1.20 bits per heavy atom. The maximum Gasteiger partial charge on any atom is 0.307 e. The predicted molar refractivity (Wildman–Crippen MR) is 126 cm³/mol. The minimum atomic E-state index is -1.15. The highest BCUT2D eigenvalue weighted by molar-refractivity contribution is 5.99. The Morgan fingerprint density at radius 2 is 2.03 bits per heavy atom. The quantitative estimate of drug-likeness (QED) is 0.198. The van der Waals surface area contributed by atoms with Crippen molar-refractivity contribution in [1.82, 2.24) is 15.0 Å². The van der Waals surface area contributed by atoms with Crippen LogP contribution in [0.2, 0.25) is 0 Å². The molecule has 1 unspecified atom stereocenters. The molecule has 0 fully saturated rings. The summed E-state index contributed by atoms with van der Waals surface area (Å²) in [5, 5.41) is 18.6. The van der Waals surface area contributed by atoms with Crippen molar-refractivity contribution in [3.8, 4) is 5.75 Å². The van der Waals surface area contributed by atoms with Gasteiger partial charge in [0.05, 0.1) is 24.3 Å². The second-order valence-electron chi connectivity index (χ2n) is 7.98. The Morgan fingerprint density at radius 3 is 2.83 bits per heavy atom. The first-order valence-corrected chi connectivity index (χ1v) is 11.0. The first kappa shape index (κ1) is 23.6. The number of hydrogen-bond donors (Lipinski definition) is 1. The zero-order valence-electron chi connectivity index (χ0n) is 18.7. The van der Waals surface area contributed by atoms with Gasteiger partial charge in [-0.15, -0.1) is 5.10 Å². The third-order valence-corrected chi connectivity index (χ3v) is 5.55. The summed E-state index contributed by atoms with van der Waals surface area (Å²) in [4.78, 5) is 40.5. The van der Waals surface area contributed by atoms with E-state index in [1.807, 2.05) is 0 Å². The molecule has 2 aromatic heterocycles. The third-order valence-electron chi connectivity index (χ3n) is 5.55. The van der Waals surface area contributed by atoms with Gasteiger partial charge in [-0.2, -0.15) is 0 Å².